The molecule has 1 atom stereocenters. The molecular formula is C14H21NO3. The van der Waals surface area contributed by atoms with E-state index in [9.17, 15) is 4.79 Å². The molecule has 0 spiro atoms. The second kappa shape index (κ2) is 6.52. The van der Waals surface area contributed by atoms with Crippen LogP contribution in [0.5, 0.6) is 0 Å². The van der Waals surface area contributed by atoms with Crippen LogP contribution in [-0.4, -0.2) is 25.3 Å². The van der Waals surface area contributed by atoms with Gasteiger partial charge < -0.3 is 15.2 Å². The largest absolute Gasteiger partial charge is 0.464 e. The summed E-state index contributed by atoms with van der Waals surface area (Å²) < 4.78 is 10.4. The SMILES string of the molecule is COC(C)(C)CCOC(=O)C(N)c1ccccc1. The van der Waals surface area contributed by atoms with E-state index in [0.717, 1.165) is 5.56 Å². The van der Waals surface area contributed by atoms with Crippen molar-refractivity contribution < 1.29 is 14.3 Å². The molecule has 0 aliphatic heterocycles. The average Bonchev–Trinajstić information content (AvgIpc) is 2.38. The van der Waals surface area contributed by atoms with E-state index < -0.39 is 12.0 Å². The van der Waals surface area contributed by atoms with Crippen molar-refractivity contribution in [3.63, 3.8) is 0 Å². The van der Waals surface area contributed by atoms with Crippen LogP contribution in [0.4, 0.5) is 0 Å². The molecule has 0 saturated heterocycles. The number of nitrogens with two attached hydrogens (primary N) is 1. The molecule has 100 valence electrons. The predicted molar refractivity (Wildman–Crippen MR) is 70.0 cm³/mol. The number of ether oxygens (including phenoxy) is 2. The van der Waals surface area contributed by atoms with E-state index in [2.05, 4.69) is 0 Å². The second-order valence-electron chi connectivity index (χ2n) is 4.77. The summed E-state index contributed by atoms with van der Waals surface area (Å²) in [5.41, 5.74) is 6.28. The number of carbonyl (C=O) groups is 1. The minimum Gasteiger partial charge on any atom is -0.464 e. The lowest BCUT2D eigenvalue weighted by atomic mass is 10.1. The normalized spacial score (nSPS) is 13.1. The van der Waals surface area contributed by atoms with E-state index >= 15 is 0 Å². The van der Waals surface area contributed by atoms with Crippen LogP contribution in [0.1, 0.15) is 31.9 Å². The number of rotatable bonds is 6. The first-order valence-electron chi connectivity index (χ1n) is 5.98. The molecule has 1 aromatic carbocycles. The number of methoxy groups -OCH3 is 1. The van der Waals surface area contributed by atoms with Gasteiger partial charge in [-0.25, -0.2) is 4.79 Å². The highest BCUT2D eigenvalue weighted by molar-refractivity contribution is 5.77. The van der Waals surface area contributed by atoms with Crippen molar-refractivity contribution in [2.24, 2.45) is 5.73 Å². The zero-order valence-electron chi connectivity index (χ0n) is 11.2. The second-order valence-corrected chi connectivity index (χ2v) is 4.77. The molecular weight excluding hydrogens is 230 g/mol. The van der Waals surface area contributed by atoms with Crippen molar-refractivity contribution in [3.05, 3.63) is 35.9 Å². The average molecular weight is 251 g/mol. The van der Waals surface area contributed by atoms with Gasteiger partial charge in [0.2, 0.25) is 0 Å². The monoisotopic (exact) mass is 251 g/mol. The Morgan fingerprint density at radius 3 is 2.50 bits per heavy atom. The van der Waals surface area contributed by atoms with Crippen LogP contribution in [-0.2, 0) is 14.3 Å². The van der Waals surface area contributed by atoms with E-state index in [1.54, 1.807) is 7.11 Å². The van der Waals surface area contributed by atoms with Crippen LogP contribution in [0.25, 0.3) is 0 Å². The van der Waals surface area contributed by atoms with E-state index in [1.165, 1.54) is 0 Å². The highest BCUT2D eigenvalue weighted by atomic mass is 16.5. The minimum atomic E-state index is -0.725. The first-order valence-corrected chi connectivity index (χ1v) is 5.98. The summed E-state index contributed by atoms with van der Waals surface area (Å²) >= 11 is 0. The summed E-state index contributed by atoms with van der Waals surface area (Å²) in [5.74, 6) is -0.409. The fourth-order valence-corrected chi connectivity index (χ4v) is 1.39. The van der Waals surface area contributed by atoms with Crippen molar-refractivity contribution in [3.8, 4) is 0 Å². The molecule has 1 rings (SSSR count). The van der Waals surface area contributed by atoms with Crippen molar-refractivity contribution in [1.29, 1.82) is 0 Å². The molecule has 0 amide bonds. The Balaban J connectivity index is 2.42. The molecule has 0 aliphatic rings. The first-order chi connectivity index (χ1) is 8.46. The summed E-state index contributed by atoms with van der Waals surface area (Å²) in [7, 11) is 1.64. The van der Waals surface area contributed by atoms with Crippen molar-refractivity contribution in [2.75, 3.05) is 13.7 Å². The molecule has 18 heavy (non-hydrogen) atoms. The maximum atomic E-state index is 11.7. The molecule has 0 heterocycles. The maximum Gasteiger partial charge on any atom is 0.327 e. The number of esters is 1. The van der Waals surface area contributed by atoms with Crippen molar-refractivity contribution >= 4 is 5.97 Å². The third-order valence-corrected chi connectivity index (χ3v) is 2.91. The highest BCUT2D eigenvalue weighted by Gasteiger charge is 2.20. The Bertz CT molecular complexity index is 376. The van der Waals surface area contributed by atoms with Crippen molar-refractivity contribution in [1.82, 2.24) is 0 Å². The summed E-state index contributed by atoms with van der Waals surface area (Å²) in [6.07, 6.45) is 0.636. The van der Waals surface area contributed by atoms with Gasteiger partial charge in [-0.3, -0.25) is 0 Å². The van der Waals surface area contributed by atoms with Crippen LogP contribution in [0.3, 0.4) is 0 Å². The predicted octanol–water partition coefficient (Wildman–Crippen LogP) is 2.04. The fourth-order valence-electron chi connectivity index (χ4n) is 1.39. The highest BCUT2D eigenvalue weighted by Crippen LogP contribution is 2.15. The van der Waals surface area contributed by atoms with Crippen LogP contribution in [0, 0.1) is 0 Å². The zero-order valence-corrected chi connectivity index (χ0v) is 11.2. The molecule has 0 radical (unpaired) electrons. The molecule has 2 N–H and O–H groups in total. The number of benzene rings is 1. The summed E-state index contributed by atoms with van der Waals surface area (Å²) in [6, 6.07) is 8.46. The van der Waals surface area contributed by atoms with Crippen LogP contribution in [0.15, 0.2) is 30.3 Å². The van der Waals surface area contributed by atoms with Gasteiger partial charge >= 0.3 is 5.97 Å². The van der Waals surface area contributed by atoms with E-state index in [4.69, 9.17) is 15.2 Å². The summed E-state index contributed by atoms with van der Waals surface area (Å²) in [4.78, 5) is 11.7. The van der Waals surface area contributed by atoms with Gasteiger partial charge in [-0.05, 0) is 19.4 Å². The maximum absolute atomic E-state index is 11.7. The molecule has 0 bridgehead atoms. The van der Waals surface area contributed by atoms with Gasteiger partial charge in [-0.1, -0.05) is 30.3 Å². The van der Waals surface area contributed by atoms with Gasteiger partial charge in [0.25, 0.3) is 0 Å². The van der Waals surface area contributed by atoms with Gasteiger partial charge in [0.1, 0.15) is 6.04 Å². The molecule has 1 unspecified atom stereocenters. The summed E-state index contributed by atoms with van der Waals surface area (Å²) in [6.45, 7) is 4.19. The minimum absolute atomic E-state index is 0.295. The Hall–Kier alpha value is -1.39. The molecule has 0 saturated carbocycles. The van der Waals surface area contributed by atoms with E-state index in [0.29, 0.717) is 13.0 Å². The van der Waals surface area contributed by atoms with Gasteiger partial charge in [-0.15, -0.1) is 0 Å². The lowest BCUT2D eigenvalue weighted by Crippen LogP contribution is -2.28. The molecule has 0 aliphatic carbocycles. The van der Waals surface area contributed by atoms with Crippen LogP contribution < -0.4 is 5.73 Å². The molecule has 1 aromatic rings. The third-order valence-electron chi connectivity index (χ3n) is 2.91. The molecule has 4 heteroatoms. The van der Waals surface area contributed by atoms with Gasteiger partial charge in [-0.2, -0.15) is 0 Å². The Morgan fingerprint density at radius 2 is 1.94 bits per heavy atom. The van der Waals surface area contributed by atoms with Gasteiger partial charge in [0.15, 0.2) is 0 Å². The topological polar surface area (TPSA) is 61.5 Å². The third kappa shape index (κ3) is 4.47. The number of hydrogen-bond acceptors (Lipinski definition) is 4. The van der Waals surface area contributed by atoms with E-state index in [1.807, 2.05) is 44.2 Å². The summed E-state index contributed by atoms with van der Waals surface area (Å²) in [5, 5.41) is 0. The molecule has 0 fully saturated rings. The van der Waals surface area contributed by atoms with Crippen molar-refractivity contribution in [2.45, 2.75) is 31.9 Å². The molecule has 4 nitrogen and oxygen atoms in total. The van der Waals surface area contributed by atoms with Gasteiger partial charge in [0.05, 0.1) is 12.2 Å². The first kappa shape index (κ1) is 14.7. The van der Waals surface area contributed by atoms with Crippen LogP contribution in [0.2, 0.25) is 0 Å². The fraction of sp³-hybridized carbons (Fsp3) is 0.500. The molecule has 0 aromatic heterocycles. The lowest BCUT2D eigenvalue weighted by Gasteiger charge is -2.22. The standard InChI is InChI=1S/C14H21NO3/c1-14(2,17-3)9-10-18-13(16)12(15)11-7-5-4-6-8-11/h4-8,12H,9-10,15H2,1-3H3. The lowest BCUT2D eigenvalue weighted by molar-refractivity contribution is -0.146. The number of hydrogen-bond donors (Lipinski definition) is 1. The van der Waals surface area contributed by atoms with E-state index in [-0.39, 0.29) is 5.60 Å². The Kier molecular flexibility index (Phi) is 5.31. The smallest absolute Gasteiger partial charge is 0.327 e. The van der Waals surface area contributed by atoms with Crippen LogP contribution >= 0.6 is 0 Å². The zero-order chi connectivity index (χ0) is 13.6. The quantitative estimate of drug-likeness (QED) is 0.786. The number of carbonyl (C=O) groups excluding carboxylic acids is 1. The Morgan fingerprint density at radius 1 is 1.33 bits per heavy atom. The van der Waals surface area contributed by atoms with Gasteiger partial charge in [0, 0.05) is 13.5 Å². The Labute approximate surface area is 108 Å².